The molecule has 0 atom stereocenters. The summed E-state index contributed by atoms with van der Waals surface area (Å²) in [5.41, 5.74) is -0.651. The van der Waals surface area contributed by atoms with Crippen LogP contribution in [0.2, 0.25) is 0 Å². The highest BCUT2D eigenvalue weighted by molar-refractivity contribution is 5.70. The van der Waals surface area contributed by atoms with Crippen LogP contribution in [0.3, 0.4) is 0 Å². The summed E-state index contributed by atoms with van der Waals surface area (Å²) in [4.78, 5) is 11.0. The number of aromatic nitrogens is 2. The SMILES string of the molecule is CC(=O)Oc1c(C(F)(F)F)nn(-c2ccccc2)c1C. The van der Waals surface area contributed by atoms with Crippen molar-refractivity contribution in [2.75, 3.05) is 0 Å². The topological polar surface area (TPSA) is 44.1 Å². The minimum atomic E-state index is -4.70. The summed E-state index contributed by atoms with van der Waals surface area (Å²) in [6, 6.07) is 8.31. The zero-order chi connectivity index (χ0) is 14.9. The van der Waals surface area contributed by atoms with Gasteiger partial charge in [0.1, 0.15) is 0 Å². The third-order valence-electron chi connectivity index (χ3n) is 2.58. The van der Waals surface area contributed by atoms with Gasteiger partial charge in [-0.1, -0.05) is 18.2 Å². The summed E-state index contributed by atoms with van der Waals surface area (Å²) >= 11 is 0. The Bertz CT molecular complexity index is 633. The van der Waals surface area contributed by atoms with Crippen molar-refractivity contribution < 1.29 is 22.7 Å². The molecule has 0 N–H and O–H groups in total. The van der Waals surface area contributed by atoms with E-state index in [1.165, 1.54) is 6.92 Å². The van der Waals surface area contributed by atoms with Crippen molar-refractivity contribution in [3.8, 4) is 11.4 Å². The molecular formula is C13H11F3N2O2. The third kappa shape index (κ3) is 2.66. The number of nitrogens with zero attached hydrogens (tertiary/aromatic N) is 2. The summed E-state index contributed by atoms with van der Waals surface area (Å²) in [7, 11) is 0. The molecule has 7 heteroatoms. The van der Waals surface area contributed by atoms with E-state index < -0.39 is 23.6 Å². The molecule has 0 aliphatic carbocycles. The predicted octanol–water partition coefficient (Wildman–Crippen LogP) is 3.12. The van der Waals surface area contributed by atoms with Gasteiger partial charge in [0, 0.05) is 6.92 Å². The van der Waals surface area contributed by atoms with Crippen LogP contribution in [0.15, 0.2) is 30.3 Å². The summed E-state index contributed by atoms with van der Waals surface area (Å²) in [6.07, 6.45) is -4.70. The van der Waals surface area contributed by atoms with Crippen molar-refractivity contribution in [1.82, 2.24) is 9.78 Å². The Balaban J connectivity index is 2.62. The van der Waals surface area contributed by atoms with Gasteiger partial charge in [0.2, 0.25) is 5.69 Å². The first-order valence-corrected chi connectivity index (χ1v) is 5.71. The number of carbonyl (C=O) groups excluding carboxylic acids is 1. The van der Waals surface area contributed by atoms with Crippen molar-refractivity contribution in [3.05, 3.63) is 41.7 Å². The zero-order valence-corrected chi connectivity index (χ0v) is 10.7. The van der Waals surface area contributed by atoms with Gasteiger partial charge in [-0.25, -0.2) is 4.68 Å². The number of esters is 1. The number of rotatable bonds is 2. The fourth-order valence-electron chi connectivity index (χ4n) is 1.76. The first-order chi connectivity index (χ1) is 9.30. The highest BCUT2D eigenvalue weighted by Crippen LogP contribution is 2.38. The number of halogens is 3. The monoisotopic (exact) mass is 284 g/mol. The van der Waals surface area contributed by atoms with Crippen LogP contribution in [0.25, 0.3) is 5.69 Å². The van der Waals surface area contributed by atoms with E-state index in [9.17, 15) is 18.0 Å². The van der Waals surface area contributed by atoms with Crippen LogP contribution in [-0.2, 0) is 11.0 Å². The van der Waals surface area contributed by atoms with Crippen molar-refractivity contribution in [3.63, 3.8) is 0 Å². The Morgan fingerprint density at radius 1 is 1.25 bits per heavy atom. The first kappa shape index (κ1) is 14.1. The van der Waals surface area contributed by atoms with Crippen LogP contribution in [0, 0.1) is 6.92 Å². The quantitative estimate of drug-likeness (QED) is 0.796. The highest BCUT2D eigenvalue weighted by Gasteiger charge is 2.40. The molecule has 0 radical (unpaired) electrons. The number of carbonyl (C=O) groups is 1. The molecule has 1 aromatic heterocycles. The van der Waals surface area contributed by atoms with Gasteiger partial charge in [-0.3, -0.25) is 4.79 Å². The standard InChI is InChI=1S/C13H11F3N2O2/c1-8-11(20-9(2)19)12(13(14,15)16)17-18(8)10-6-4-3-5-7-10/h3-7H,1-2H3. The molecule has 0 saturated carbocycles. The highest BCUT2D eigenvalue weighted by atomic mass is 19.4. The lowest BCUT2D eigenvalue weighted by molar-refractivity contribution is -0.144. The number of ether oxygens (including phenoxy) is 1. The molecule has 0 aliphatic heterocycles. The Morgan fingerprint density at radius 2 is 1.85 bits per heavy atom. The maximum Gasteiger partial charge on any atom is 0.438 e. The Hall–Kier alpha value is -2.31. The third-order valence-corrected chi connectivity index (χ3v) is 2.58. The summed E-state index contributed by atoms with van der Waals surface area (Å²) in [6.45, 7) is 2.45. The Kier molecular flexibility index (Phi) is 3.52. The molecule has 0 fully saturated rings. The number of hydrogen-bond acceptors (Lipinski definition) is 3. The van der Waals surface area contributed by atoms with E-state index in [0.29, 0.717) is 5.69 Å². The van der Waals surface area contributed by atoms with Gasteiger partial charge >= 0.3 is 12.1 Å². The molecule has 0 bridgehead atoms. The summed E-state index contributed by atoms with van der Waals surface area (Å²) in [5.74, 6) is -1.39. The van der Waals surface area contributed by atoms with Crippen LogP contribution in [0.5, 0.6) is 5.75 Å². The smallest absolute Gasteiger partial charge is 0.422 e. The van der Waals surface area contributed by atoms with Crippen LogP contribution in [0.4, 0.5) is 13.2 Å². The molecule has 1 heterocycles. The summed E-state index contributed by atoms with van der Waals surface area (Å²) in [5, 5.41) is 3.52. The lowest BCUT2D eigenvalue weighted by Gasteiger charge is -2.05. The molecule has 4 nitrogen and oxygen atoms in total. The second-order valence-electron chi connectivity index (χ2n) is 4.10. The van der Waals surface area contributed by atoms with Crippen LogP contribution in [0.1, 0.15) is 18.3 Å². The zero-order valence-electron chi connectivity index (χ0n) is 10.7. The van der Waals surface area contributed by atoms with Gasteiger partial charge in [-0.15, -0.1) is 0 Å². The first-order valence-electron chi connectivity index (χ1n) is 5.71. The molecule has 2 aromatic rings. The summed E-state index contributed by atoms with van der Waals surface area (Å²) < 4.78 is 44.6. The molecule has 2 rings (SSSR count). The average molecular weight is 284 g/mol. The lowest BCUT2D eigenvalue weighted by Crippen LogP contribution is -2.11. The second-order valence-corrected chi connectivity index (χ2v) is 4.10. The molecule has 20 heavy (non-hydrogen) atoms. The van der Waals surface area contributed by atoms with Gasteiger partial charge in [0.25, 0.3) is 0 Å². The van der Waals surface area contributed by atoms with E-state index in [1.54, 1.807) is 30.3 Å². The molecule has 0 unspecified atom stereocenters. The van der Waals surface area contributed by atoms with E-state index >= 15 is 0 Å². The molecule has 0 spiro atoms. The number of alkyl halides is 3. The van der Waals surface area contributed by atoms with Gasteiger partial charge < -0.3 is 4.74 Å². The minimum absolute atomic E-state index is 0.110. The van der Waals surface area contributed by atoms with Crippen molar-refractivity contribution in [2.24, 2.45) is 0 Å². The van der Waals surface area contributed by atoms with Crippen LogP contribution < -0.4 is 4.74 Å². The molecule has 0 saturated heterocycles. The predicted molar refractivity (Wildman–Crippen MR) is 64.6 cm³/mol. The number of hydrogen-bond donors (Lipinski definition) is 0. The van der Waals surface area contributed by atoms with Crippen molar-refractivity contribution in [2.45, 2.75) is 20.0 Å². The van der Waals surface area contributed by atoms with Gasteiger partial charge in [0.05, 0.1) is 11.4 Å². The maximum atomic E-state index is 12.9. The van der Waals surface area contributed by atoms with E-state index in [-0.39, 0.29) is 5.69 Å². The second kappa shape index (κ2) is 4.99. The molecule has 0 amide bonds. The minimum Gasteiger partial charge on any atom is -0.422 e. The molecular weight excluding hydrogens is 273 g/mol. The van der Waals surface area contributed by atoms with E-state index in [1.807, 2.05) is 0 Å². The number of para-hydroxylation sites is 1. The average Bonchev–Trinajstić information content (AvgIpc) is 2.67. The molecule has 0 aliphatic rings. The normalized spacial score (nSPS) is 11.4. The van der Waals surface area contributed by atoms with E-state index in [4.69, 9.17) is 0 Å². The lowest BCUT2D eigenvalue weighted by atomic mass is 10.3. The molecule has 106 valence electrons. The number of benzene rings is 1. The van der Waals surface area contributed by atoms with E-state index in [2.05, 4.69) is 9.84 Å². The van der Waals surface area contributed by atoms with Gasteiger partial charge in [-0.2, -0.15) is 18.3 Å². The Labute approximate surface area is 112 Å². The largest absolute Gasteiger partial charge is 0.438 e. The van der Waals surface area contributed by atoms with Crippen LogP contribution >= 0.6 is 0 Å². The maximum absolute atomic E-state index is 12.9. The van der Waals surface area contributed by atoms with Crippen LogP contribution in [-0.4, -0.2) is 15.7 Å². The fraction of sp³-hybridized carbons (Fsp3) is 0.231. The van der Waals surface area contributed by atoms with Crippen molar-refractivity contribution >= 4 is 5.97 Å². The molecule has 1 aromatic carbocycles. The van der Waals surface area contributed by atoms with Gasteiger partial charge in [-0.05, 0) is 19.1 Å². The van der Waals surface area contributed by atoms with Crippen molar-refractivity contribution in [1.29, 1.82) is 0 Å². The van der Waals surface area contributed by atoms with E-state index in [0.717, 1.165) is 11.6 Å². The fourth-order valence-corrected chi connectivity index (χ4v) is 1.76. The van der Waals surface area contributed by atoms with Gasteiger partial charge in [0.15, 0.2) is 5.75 Å². The Morgan fingerprint density at radius 3 is 2.35 bits per heavy atom.